The van der Waals surface area contributed by atoms with Gasteiger partial charge < -0.3 is 30.3 Å². The van der Waals surface area contributed by atoms with Gasteiger partial charge in [0.15, 0.2) is 12.1 Å². The summed E-state index contributed by atoms with van der Waals surface area (Å²) < 4.78 is -1.22. The quantitative estimate of drug-likeness (QED) is 0.177. The molecule has 2 saturated heterocycles. The van der Waals surface area contributed by atoms with Crippen LogP contribution >= 0.6 is 0 Å². The van der Waals surface area contributed by atoms with Crippen molar-refractivity contribution in [2.45, 2.75) is 136 Å². The molecule has 47 heavy (non-hydrogen) atoms. The van der Waals surface area contributed by atoms with Crippen LogP contribution < -0.4 is 10.6 Å². The zero-order valence-corrected chi connectivity index (χ0v) is 30.2. The zero-order chi connectivity index (χ0) is 34.5. The van der Waals surface area contributed by atoms with Crippen LogP contribution in [0.1, 0.15) is 146 Å². The van der Waals surface area contributed by atoms with Gasteiger partial charge in [-0.05, 0) is 71.6 Å². The lowest BCUT2D eigenvalue weighted by Crippen LogP contribution is -2.61. The second-order valence-corrected chi connectivity index (χ2v) is 15.4. The van der Waals surface area contributed by atoms with Crippen LogP contribution in [0.4, 0.5) is 11.4 Å². The number of nitrogens with zero attached hydrogens (tertiary/aromatic N) is 2. The van der Waals surface area contributed by atoms with Crippen LogP contribution in [-0.4, -0.2) is 59.4 Å². The maximum absolute atomic E-state index is 14.4. The van der Waals surface area contributed by atoms with Gasteiger partial charge in [0.2, 0.25) is 0 Å². The Bertz CT molecular complexity index is 1230. The Balaban J connectivity index is 1.49. The van der Waals surface area contributed by atoms with Gasteiger partial charge in [-0.15, -0.1) is 0 Å². The predicted molar refractivity (Wildman–Crippen MR) is 193 cm³/mol. The molecule has 8 heteroatoms. The molecule has 0 aliphatic carbocycles. The van der Waals surface area contributed by atoms with Crippen molar-refractivity contribution in [3.8, 4) is 0 Å². The summed E-state index contributed by atoms with van der Waals surface area (Å²) >= 11 is 0. The summed E-state index contributed by atoms with van der Waals surface area (Å²) in [6, 6.07) is 10.9. The first-order chi connectivity index (χ1) is 22.2. The highest BCUT2D eigenvalue weighted by Gasteiger charge is 2.41. The van der Waals surface area contributed by atoms with Crippen molar-refractivity contribution in [1.29, 1.82) is 0 Å². The van der Waals surface area contributed by atoms with E-state index in [1.165, 1.54) is 0 Å². The predicted octanol–water partition coefficient (Wildman–Crippen LogP) is 8.88. The number of quaternary nitrogens is 2. The van der Waals surface area contributed by atoms with Crippen molar-refractivity contribution >= 4 is 23.2 Å². The third-order valence-electron chi connectivity index (χ3n) is 10.6. The smallest absolute Gasteiger partial charge is 0.283 e. The number of benzene rings is 2. The Morgan fingerprint density at radius 2 is 0.936 bits per heavy atom. The molecule has 4 rings (SSSR count). The number of piperidine rings is 2. The van der Waals surface area contributed by atoms with Gasteiger partial charge in [0.1, 0.15) is 0 Å². The van der Waals surface area contributed by atoms with Crippen LogP contribution in [0.5, 0.6) is 0 Å². The number of carbonyl (C=O) groups excluding carboxylic acids is 2. The molecule has 0 saturated carbocycles. The van der Waals surface area contributed by atoms with Crippen molar-refractivity contribution in [2.75, 3.05) is 36.8 Å². The van der Waals surface area contributed by atoms with Crippen LogP contribution in [0.25, 0.3) is 0 Å². The van der Waals surface area contributed by atoms with Crippen molar-refractivity contribution in [2.24, 2.45) is 0 Å². The molecule has 2 aliphatic heterocycles. The Morgan fingerprint density at radius 3 is 1.23 bits per heavy atom. The van der Waals surface area contributed by atoms with E-state index in [0.29, 0.717) is 32.4 Å². The van der Waals surface area contributed by atoms with E-state index in [9.17, 15) is 20.0 Å². The van der Waals surface area contributed by atoms with E-state index in [1.807, 2.05) is 12.1 Å². The Morgan fingerprint density at radius 1 is 0.617 bits per heavy atom. The lowest BCUT2D eigenvalue weighted by atomic mass is 9.92. The summed E-state index contributed by atoms with van der Waals surface area (Å²) in [6.07, 6.45) is 4.65. The molecule has 0 spiro atoms. The van der Waals surface area contributed by atoms with Gasteiger partial charge in [0, 0.05) is 30.6 Å². The Kier molecular flexibility index (Phi) is 12.3. The minimum Gasteiger partial charge on any atom is -0.632 e. The average molecular weight is 649 g/mol. The summed E-state index contributed by atoms with van der Waals surface area (Å²) in [6.45, 7) is 18.1. The van der Waals surface area contributed by atoms with Crippen molar-refractivity contribution in [1.82, 2.24) is 0 Å². The second-order valence-electron chi connectivity index (χ2n) is 15.4. The van der Waals surface area contributed by atoms with Gasteiger partial charge in [-0.2, -0.15) is 0 Å². The number of para-hydroxylation sites is 2. The first-order valence-corrected chi connectivity index (χ1v) is 18.2. The highest BCUT2D eigenvalue weighted by molar-refractivity contribution is 5.96. The highest BCUT2D eigenvalue weighted by Crippen LogP contribution is 2.36. The molecular weight excluding hydrogens is 588 g/mol. The van der Waals surface area contributed by atoms with E-state index >= 15 is 0 Å². The summed E-state index contributed by atoms with van der Waals surface area (Å²) in [5.74, 6) is 0.462. The van der Waals surface area contributed by atoms with Crippen LogP contribution in [0.2, 0.25) is 0 Å². The zero-order valence-electron chi connectivity index (χ0n) is 30.2. The molecule has 2 N–H and O–H groups in total. The van der Waals surface area contributed by atoms with E-state index in [1.54, 1.807) is 0 Å². The molecule has 4 atom stereocenters. The highest BCUT2D eigenvalue weighted by atomic mass is 16.6. The van der Waals surface area contributed by atoms with Gasteiger partial charge in [0.05, 0.1) is 26.2 Å². The lowest BCUT2D eigenvalue weighted by Gasteiger charge is -2.53. The number of hydrogen-bond donors (Lipinski definition) is 2. The number of hydroxylamine groups is 6. The minimum absolute atomic E-state index is 0.200. The standard InChI is InChI=1S/C39H60N4O4/c1-26(2)30-16-13-17-31(27(3)4)36(30)40-38(44)34-20-9-11-22-42(34,46)24-15-25-43(47)23-12-10-21-35(43)39(45)41-37-32(28(5)6)18-14-19-33(37)29(7)8/h13-14,16-19,26-29,34-35H,9-12,15,20-25H2,1-8H3,(H,40,44)(H,41,45)/t34?,35?,42-,43-/m1/s1. The van der Waals surface area contributed by atoms with Crippen molar-refractivity contribution in [3.63, 3.8) is 0 Å². The molecule has 2 fully saturated rings. The maximum Gasteiger partial charge on any atom is 0.283 e. The third kappa shape index (κ3) is 8.45. The molecule has 0 bridgehead atoms. The number of hydrogen-bond acceptors (Lipinski definition) is 4. The topological polar surface area (TPSA) is 104 Å². The number of carbonyl (C=O) groups is 2. The van der Waals surface area contributed by atoms with Gasteiger partial charge in [-0.1, -0.05) is 91.8 Å². The first kappa shape index (κ1) is 37.0. The summed E-state index contributed by atoms with van der Waals surface area (Å²) in [4.78, 5) is 27.8. The molecule has 260 valence electrons. The third-order valence-corrected chi connectivity index (χ3v) is 10.6. The fraction of sp³-hybridized carbons (Fsp3) is 0.641. The number of nitrogens with one attached hydrogen (secondary N) is 2. The number of likely N-dealkylation sites (tertiary alicyclic amines) is 2. The minimum atomic E-state index is -0.716. The molecule has 8 nitrogen and oxygen atoms in total. The number of anilines is 2. The van der Waals surface area contributed by atoms with Crippen LogP contribution in [0.15, 0.2) is 36.4 Å². The van der Waals surface area contributed by atoms with E-state index < -0.39 is 21.4 Å². The van der Waals surface area contributed by atoms with E-state index in [0.717, 1.165) is 59.3 Å². The summed E-state index contributed by atoms with van der Waals surface area (Å²) in [7, 11) is 0. The van der Waals surface area contributed by atoms with Gasteiger partial charge in [-0.3, -0.25) is 9.59 Å². The van der Waals surface area contributed by atoms with Gasteiger partial charge >= 0.3 is 0 Å². The second kappa shape index (κ2) is 15.6. The Hall–Kier alpha value is -2.78. The molecule has 2 amide bonds. The molecule has 2 heterocycles. The van der Waals surface area contributed by atoms with Crippen molar-refractivity contribution < 1.29 is 18.9 Å². The van der Waals surface area contributed by atoms with E-state index in [4.69, 9.17) is 0 Å². The normalized spacial score (nSPS) is 25.1. The molecule has 2 aromatic rings. The van der Waals surface area contributed by atoms with Crippen LogP contribution in [0.3, 0.4) is 0 Å². The lowest BCUT2D eigenvalue weighted by molar-refractivity contribution is -0.919. The Labute approximate surface area is 283 Å². The number of rotatable bonds is 12. The average Bonchev–Trinajstić information content (AvgIpc) is 3.00. The molecule has 0 aromatic heterocycles. The summed E-state index contributed by atoms with van der Waals surface area (Å²) in [5.41, 5.74) is 5.98. The fourth-order valence-corrected chi connectivity index (χ4v) is 7.85. The molecular formula is C39H60N4O4. The van der Waals surface area contributed by atoms with Crippen LogP contribution in [-0.2, 0) is 9.59 Å². The summed E-state index contributed by atoms with van der Waals surface area (Å²) in [5, 5.41) is 35.3. The van der Waals surface area contributed by atoms with Gasteiger partial charge in [0.25, 0.3) is 11.8 Å². The fourth-order valence-electron chi connectivity index (χ4n) is 7.85. The largest absolute Gasteiger partial charge is 0.632 e. The molecule has 0 radical (unpaired) electrons. The number of amides is 2. The van der Waals surface area contributed by atoms with Crippen LogP contribution in [0, 0.1) is 10.4 Å². The van der Waals surface area contributed by atoms with E-state index in [-0.39, 0.29) is 48.6 Å². The monoisotopic (exact) mass is 648 g/mol. The van der Waals surface area contributed by atoms with Crippen molar-refractivity contribution in [3.05, 3.63) is 69.1 Å². The molecule has 2 unspecified atom stereocenters. The van der Waals surface area contributed by atoms with E-state index in [2.05, 4.69) is 90.3 Å². The molecule has 2 aromatic carbocycles. The first-order valence-electron chi connectivity index (χ1n) is 18.2. The molecule has 2 aliphatic rings. The van der Waals surface area contributed by atoms with Gasteiger partial charge in [-0.25, -0.2) is 0 Å². The maximum atomic E-state index is 14.4. The SMILES string of the molecule is CC(C)c1cccc(C(C)C)c1NC(=O)C1CCCC[N@@+]1([O-])CCC[N@+]1([O-])CCCCC1C(=O)Nc1c(C(C)C)cccc1C(C)C.